The van der Waals surface area contributed by atoms with Crippen LogP contribution in [0.1, 0.15) is 5.69 Å². The summed E-state index contributed by atoms with van der Waals surface area (Å²) in [5, 5.41) is 5.09. The molecule has 1 aromatic carbocycles. The maximum Gasteiger partial charge on any atom is 0.222 e. The van der Waals surface area contributed by atoms with Crippen molar-refractivity contribution >= 4 is 16.8 Å². The standard InChI is InChI=1S/C14H15N3O2/c1-8-14(11-7-13(15)19-16-11)10-6-9(18-3)4-5-12(10)17(8)2/h4-7H,15H2,1-3H3. The first-order chi connectivity index (χ1) is 9.11. The molecule has 0 saturated carbocycles. The van der Waals surface area contributed by atoms with E-state index in [2.05, 4.69) is 9.72 Å². The third-order valence-electron chi connectivity index (χ3n) is 3.48. The number of methoxy groups -OCH3 is 1. The summed E-state index contributed by atoms with van der Waals surface area (Å²) in [7, 11) is 3.68. The molecule has 5 heteroatoms. The fraction of sp³-hybridized carbons (Fsp3) is 0.214. The second kappa shape index (κ2) is 4.05. The molecule has 2 aromatic heterocycles. The van der Waals surface area contributed by atoms with E-state index in [0.29, 0.717) is 5.88 Å². The molecule has 0 aliphatic heterocycles. The van der Waals surface area contributed by atoms with Crippen LogP contribution in [0.15, 0.2) is 28.8 Å². The number of fused-ring (bicyclic) bond motifs is 1. The zero-order valence-electron chi connectivity index (χ0n) is 11.1. The SMILES string of the molecule is COc1ccc2c(c1)c(-c1cc(N)on1)c(C)n2C. The number of rotatable bonds is 2. The van der Waals surface area contributed by atoms with E-state index in [9.17, 15) is 0 Å². The number of anilines is 1. The van der Waals surface area contributed by atoms with Crippen LogP contribution in [0.5, 0.6) is 5.75 Å². The summed E-state index contributed by atoms with van der Waals surface area (Å²) in [5.74, 6) is 1.13. The molecule has 0 atom stereocenters. The Bertz CT molecular complexity index is 755. The topological polar surface area (TPSA) is 66.2 Å². The fourth-order valence-electron chi connectivity index (χ4n) is 2.41. The normalized spacial score (nSPS) is 11.1. The van der Waals surface area contributed by atoms with Crippen LogP contribution >= 0.6 is 0 Å². The lowest BCUT2D eigenvalue weighted by molar-refractivity contribution is 0.415. The van der Waals surface area contributed by atoms with Crippen LogP contribution in [0.4, 0.5) is 5.88 Å². The van der Waals surface area contributed by atoms with Gasteiger partial charge in [0, 0.05) is 35.3 Å². The van der Waals surface area contributed by atoms with Crippen molar-refractivity contribution in [1.29, 1.82) is 0 Å². The number of ether oxygens (including phenoxy) is 1. The summed E-state index contributed by atoms with van der Waals surface area (Å²) < 4.78 is 12.4. The molecule has 3 rings (SSSR count). The van der Waals surface area contributed by atoms with Crippen LogP contribution in [0, 0.1) is 6.92 Å². The van der Waals surface area contributed by atoms with Crippen LogP contribution in [-0.2, 0) is 7.05 Å². The van der Waals surface area contributed by atoms with Gasteiger partial charge in [-0.05, 0) is 25.1 Å². The highest BCUT2D eigenvalue weighted by molar-refractivity contribution is 5.98. The predicted octanol–water partition coefficient (Wildman–Crippen LogP) is 2.73. The molecule has 0 radical (unpaired) electrons. The Hall–Kier alpha value is -2.43. The van der Waals surface area contributed by atoms with Gasteiger partial charge in [-0.15, -0.1) is 0 Å². The number of aryl methyl sites for hydroxylation is 1. The van der Waals surface area contributed by atoms with E-state index >= 15 is 0 Å². The molecule has 0 bridgehead atoms. The number of nitrogen functional groups attached to an aromatic ring is 1. The molecule has 0 aliphatic carbocycles. The zero-order chi connectivity index (χ0) is 13.6. The van der Waals surface area contributed by atoms with Crippen molar-refractivity contribution < 1.29 is 9.26 Å². The first-order valence-corrected chi connectivity index (χ1v) is 5.97. The third-order valence-corrected chi connectivity index (χ3v) is 3.48. The van der Waals surface area contributed by atoms with Crippen LogP contribution in [-0.4, -0.2) is 16.8 Å². The Kier molecular flexibility index (Phi) is 2.48. The van der Waals surface area contributed by atoms with Gasteiger partial charge in [-0.1, -0.05) is 5.16 Å². The van der Waals surface area contributed by atoms with Gasteiger partial charge in [0.15, 0.2) is 0 Å². The van der Waals surface area contributed by atoms with Crippen LogP contribution in [0.25, 0.3) is 22.2 Å². The van der Waals surface area contributed by atoms with Crippen molar-refractivity contribution in [2.45, 2.75) is 6.92 Å². The van der Waals surface area contributed by atoms with Gasteiger partial charge in [0.25, 0.3) is 0 Å². The van der Waals surface area contributed by atoms with Gasteiger partial charge in [-0.25, -0.2) is 0 Å². The van der Waals surface area contributed by atoms with Gasteiger partial charge in [-0.2, -0.15) is 0 Å². The van der Waals surface area contributed by atoms with Crippen LogP contribution in [0.3, 0.4) is 0 Å². The summed E-state index contributed by atoms with van der Waals surface area (Å²) in [6, 6.07) is 7.72. The fourth-order valence-corrected chi connectivity index (χ4v) is 2.41. The second-order valence-electron chi connectivity index (χ2n) is 4.52. The molecule has 2 heterocycles. The highest BCUT2D eigenvalue weighted by Gasteiger charge is 2.17. The van der Waals surface area contributed by atoms with Crippen molar-refractivity contribution in [1.82, 2.24) is 9.72 Å². The van der Waals surface area contributed by atoms with Gasteiger partial charge < -0.3 is 19.6 Å². The number of nitrogens with two attached hydrogens (primary N) is 1. The summed E-state index contributed by atoms with van der Waals surface area (Å²) in [6.07, 6.45) is 0. The Morgan fingerprint density at radius 1 is 1.32 bits per heavy atom. The minimum Gasteiger partial charge on any atom is -0.497 e. The quantitative estimate of drug-likeness (QED) is 0.766. The Balaban J connectivity index is 2.36. The third kappa shape index (κ3) is 1.66. The number of hydrogen-bond acceptors (Lipinski definition) is 4. The molecule has 0 amide bonds. The van der Waals surface area contributed by atoms with Crippen molar-refractivity contribution in [3.05, 3.63) is 30.0 Å². The van der Waals surface area contributed by atoms with Gasteiger partial charge in [0.1, 0.15) is 11.4 Å². The molecule has 0 aliphatic rings. The number of benzene rings is 1. The molecular formula is C14H15N3O2. The van der Waals surface area contributed by atoms with Gasteiger partial charge in [0.2, 0.25) is 5.88 Å². The molecule has 98 valence electrons. The summed E-state index contributed by atoms with van der Waals surface area (Å²) in [6.45, 7) is 2.05. The Morgan fingerprint density at radius 3 is 2.74 bits per heavy atom. The Morgan fingerprint density at radius 2 is 2.11 bits per heavy atom. The molecular weight excluding hydrogens is 242 g/mol. The minimum absolute atomic E-state index is 0.314. The van der Waals surface area contributed by atoms with Crippen molar-refractivity contribution in [2.24, 2.45) is 7.05 Å². The van der Waals surface area contributed by atoms with E-state index in [1.165, 1.54) is 0 Å². The summed E-state index contributed by atoms with van der Waals surface area (Å²) in [5.41, 5.74) is 9.61. The van der Waals surface area contributed by atoms with Crippen molar-refractivity contribution in [3.63, 3.8) is 0 Å². The first-order valence-electron chi connectivity index (χ1n) is 5.97. The number of hydrogen-bond donors (Lipinski definition) is 1. The molecule has 3 aromatic rings. The molecule has 0 unspecified atom stereocenters. The van der Waals surface area contributed by atoms with E-state index in [1.54, 1.807) is 13.2 Å². The van der Waals surface area contributed by atoms with E-state index in [1.807, 2.05) is 32.2 Å². The average Bonchev–Trinajstić information content (AvgIpc) is 2.93. The van der Waals surface area contributed by atoms with Gasteiger partial charge in [-0.3, -0.25) is 0 Å². The monoisotopic (exact) mass is 257 g/mol. The number of aromatic nitrogens is 2. The molecule has 0 spiro atoms. The largest absolute Gasteiger partial charge is 0.497 e. The van der Waals surface area contributed by atoms with E-state index in [4.69, 9.17) is 15.0 Å². The molecule has 0 fully saturated rings. The van der Waals surface area contributed by atoms with E-state index in [-0.39, 0.29) is 0 Å². The Labute approximate surface area is 110 Å². The molecule has 19 heavy (non-hydrogen) atoms. The average molecular weight is 257 g/mol. The zero-order valence-corrected chi connectivity index (χ0v) is 11.1. The lowest BCUT2D eigenvalue weighted by atomic mass is 10.1. The lowest BCUT2D eigenvalue weighted by Crippen LogP contribution is -1.90. The summed E-state index contributed by atoms with van der Waals surface area (Å²) in [4.78, 5) is 0. The molecule has 2 N–H and O–H groups in total. The van der Waals surface area contributed by atoms with Crippen LogP contribution in [0.2, 0.25) is 0 Å². The van der Waals surface area contributed by atoms with Gasteiger partial charge >= 0.3 is 0 Å². The van der Waals surface area contributed by atoms with Crippen molar-refractivity contribution in [3.8, 4) is 17.0 Å². The molecule has 5 nitrogen and oxygen atoms in total. The second-order valence-corrected chi connectivity index (χ2v) is 4.52. The highest BCUT2D eigenvalue weighted by atomic mass is 16.5. The smallest absolute Gasteiger partial charge is 0.222 e. The first kappa shape index (κ1) is 11.6. The van der Waals surface area contributed by atoms with Crippen molar-refractivity contribution in [2.75, 3.05) is 12.8 Å². The maximum atomic E-state index is 5.61. The lowest BCUT2D eigenvalue weighted by Gasteiger charge is -2.01. The molecule has 0 saturated heterocycles. The van der Waals surface area contributed by atoms with Crippen LogP contribution < -0.4 is 10.5 Å². The van der Waals surface area contributed by atoms with E-state index < -0.39 is 0 Å². The van der Waals surface area contributed by atoms with Gasteiger partial charge in [0.05, 0.1) is 7.11 Å². The number of nitrogens with zero attached hydrogens (tertiary/aromatic N) is 2. The summed E-state index contributed by atoms with van der Waals surface area (Å²) >= 11 is 0. The highest BCUT2D eigenvalue weighted by Crippen LogP contribution is 2.35. The minimum atomic E-state index is 0.314. The maximum absolute atomic E-state index is 5.61. The van der Waals surface area contributed by atoms with E-state index in [0.717, 1.165) is 33.6 Å². The predicted molar refractivity (Wildman–Crippen MR) is 74.1 cm³/mol.